The Morgan fingerprint density at radius 3 is 2.61 bits per heavy atom. The van der Waals surface area contributed by atoms with Crippen molar-refractivity contribution in [1.82, 2.24) is 10.2 Å². The molecule has 1 aromatic carbocycles. The van der Waals surface area contributed by atoms with E-state index < -0.39 is 12.1 Å². The van der Waals surface area contributed by atoms with Gasteiger partial charge in [-0.25, -0.2) is 4.79 Å². The Bertz CT molecular complexity index is 638. The van der Waals surface area contributed by atoms with Crippen molar-refractivity contribution in [3.05, 3.63) is 29.8 Å². The molecule has 0 spiro atoms. The second-order valence-electron chi connectivity index (χ2n) is 6.23. The number of urea groups is 1. The molecule has 1 heterocycles. The van der Waals surface area contributed by atoms with Crippen molar-refractivity contribution in [3.8, 4) is 0 Å². The number of imide groups is 1. The monoisotopic (exact) mass is 315 g/mol. The van der Waals surface area contributed by atoms with Crippen LogP contribution in [0.3, 0.4) is 0 Å². The van der Waals surface area contributed by atoms with Crippen molar-refractivity contribution in [3.63, 3.8) is 0 Å². The first-order chi connectivity index (χ1) is 11.1. The fourth-order valence-electron chi connectivity index (χ4n) is 3.21. The van der Waals surface area contributed by atoms with E-state index in [1.807, 2.05) is 0 Å². The summed E-state index contributed by atoms with van der Waals surface area (Å²) < 4.78 is 0. The Hall–Kier alpha value is -2.37. The first kappa shape index (κ1) is 15.5. The predicted octanol–water partition coefficient (Wildman–Crippen LogP) is 2.43. The minimum atomic E-state index is -0.681. The van der Waals surface area contributed by atoms with Crippen LogP contribution in [0.25, 0.3) is 0 Å². The van der Waals surface area contributed by atoms with Gasteiger partial charge in [-0.05, 0) is 30.5 Å². The van der Waals surface area contributed by atoms with Gasteiger partial charge in [-0.2, -0.15) is 0 Å². The van der Waals surface area contributed by atoms with Gasteiger partial charge < -0.3 is 10.6 Å². The van der Waals surface area contributed by atoms with E-state index in [1.54, 1.807) is 24.3 Å². The summed E-state index contributed by atoms with van der Waals surface area (Å²) in [7, 11) is 1.45. The molecule has 4 amide bonds. The summed E-state index contributed by atoms with van der Waals surface area (Å²) in [6, 6.07) is 6.02. The Kier molecular flexibility index (Phi) is 4.32. The average Bonchev–Trinajstić information content (AvgIpc) is 2.83. The number of likely N-dealkylation sites (N-methyl/N-ethyl adjacent to an activating group) is 1. The largest absolute Gasteiger partial charge is 0.326 e. The van der Waals surface area contributed by atoms with Gasteiger partial charge in [-0.3, -0.25) is 14.5 Å². The molecule has 0 radical (unpaired) electrons. The van der Waals surface area contributed by atoms with E-state index in [9.17, 15) is 14.4 Å². The zero-order chi connectivity index (χ0) is 16.4. The topological polar surface area (TPSA) is 78.5 Å². The number of hydrogen-bond donors (Lipinski definition) is 2. The smallest absolute Gasteiger partial charge is 0.324 e. The molecule has 2 fully saturated rings. The third kappa shape index (κ3) is 3.21. The van der Waals surface area contributed by atoms with E-state index in [4.69, 9.17) is 0 Å². The molecule has 6 heteroatoms. The summed E-state index contributed by atoms with van der Waals surface area (Å²) in [4.78, 5) is 37.0. The third-order valence-corrected chi connectivity index (χ3v) is 4.61. The van der Waals surface area contributed by atoms with Gasteiger partial charge in [0.15, 0.2) is 0 Å². The van der Waals surface area contributed by atoms with Crippen molar-refractivity contribution >= 4 is 23.5 Å². The van der Waals surface area contributed by atoms with Crippen molar-refractivity contribution in [2.75, 3.05) is 12.4 Å². The van der Waals surface area contributed by atoms with E-state index in [0.29, 0.717) is 11.3 Å². The van der Waals surface area contributed by atoms with Crippen molar-refractivity contribution in [1.29, 1.82) is 0 Å². The molecule has 0 bridgehead atoms. The van der Waals surface area contributed by atoms with E-state index in [-0.39, 0.29) is 17.7 Å². The Labute approximate surface area is 135 Å². The molecule has 2 aliphatic rings. The van der Waals surface area contributed by atoms with Crippen LogP contribution < -0.4 is 10.6 Å². The van der Waals surface area contributed by atoms with E-state index in [0.717, 1.165) is 30.6 Å². The van der Waals surface area contributed by atoms with Crippen LogP contribution in [0.2, 0.25) is 0 Å². The van der Waals surface area contributed by atoms with Crippen molar-refractivity contribution < 1.29 is 14.4 Å². The first-order valence-corrected chi connectivity index (χ1v) is 8.05. The number of amides is 4. The molecule has 0 aromatic heterocycles. The van der Waals surface area contributed by atoms with Crippen LogP contribution in [0.15, 0.2) is 24.3 Å². The van der Waals surface area contributed by atoms with Gasteiger partial charge in [0.25, 0.3) is 5.91 Å². The Balaban J connectivity index is 1.71. The summed E-state index contributed by atoms with van der Waals surface area (Å²) >= 11 is 0. The number of nitrogens with one attached hydrogen (secondary N) is 2. The molecule has 1 atom stereocenters. The highest BCUT2D eigenvalue weighted by Crippen LogP contribution is 2.26. The van der Waals surface area contributed by atoms with Crippen LogP contribution in [0.5, 0.6) is 0 Å². The highest BCUT2D eigenvalue weighted by Gasteiger charge is 2.36. The lowest BCUT2D eigenvalue weighted by atomic mass is 9.88. The molecular formula is C17H21N3O3. The number of hydrogen-bond acceptors (Lipinski definition) is 3. The van der Waals surface area contributed by atoms with Crippen molar-refractivity contribution in [2.45, 2.75) is 38.1 Å². The lowest BCUT2D eigenvalue weighted by Gasteiger charge is -2.21. The zero-order valence-electron chi connectivity index (χ0n) is 13.2. The molecular weight excluding hydrogens is 294 g/mol. The third-order valence-electron chi connectivity index (χ3n) is 4.61. The van der Waals surface area contributed by atoms with Gasteiger partial charge in [0.05, 0.1) is 0 Å². The maximum Gasteiger partial charge on any atom is 0.324 e. The number of nitrogens with zero attached hydrogens (tertiary/aromatic N) is 1. The van der Waals surface area contributed by atoms with E-state index in [2.05, 4.69) is 10.6 Å². The number of rotatable bonds is 3. The Morgan fingerprint density at radius 2 is 1.96 bits per heavy atom. The molecule has 3 rings (SSSR count). The van der Waals surface area contributed by atoms with Crippen LogP contribution in [0.1, 0.15) is 43.7 Å². The number of anilines is 1. The summed E-state index contributed by atoms with van der Waals surface area (Å²) in [6.45, 7) is 0. The van der Waals surface area contributed by atoms with Crippen molar-refractivity contribution in [2.24, 2.45) is 5.92 Å². The fourth-order valence-corrected chi connectivity index (χ4v) is 3.21. The summed E-state index contributed by atoms with van der Waals surface area (Å²) in [5.41, 5.74) is 1.34. The molecule has 23 heavy (non-hydrogen) atoms. The quantitative estimate of drug-likeness (QED) is 0.841. The molecule has 1 aliphatic heterocycles. The molecule has 1 saturated carbocycles. The molecule has 122 valence electrons. The molecule has 1 saturated heterocycles. The summed E-state index contributed by atoms with van der Waals surface area (Å²) in [5.74, 6) is -0.169. The van der Waals surface area contributed by atoms with Gasteiger partial charge in [0, 0.05) is 18.7 Å². The maximum absolute atomic E-state index is 12.3. The van der Waals surface area contributed by atoms with Crippen LogP contribution in [-0.2, 0) is 9.59 Å². The lowest BCUT2D eigenvalue weighted by molar-refractivity contribution is -0.126. The van der Waals surface area contributed by atoms with Crippen LogP contribution >= 0.6 is 0 Å². The maximum atomic E-state index is 12.3. The molecule has 6 nitrogen and oxygen atoms in total. The van der Waals surface area contributed by atoms with Gasteiger partial charge in [0.2, 0.25) is 5.91 Å². The fraction of sp³-hybridized carbons (Fsp3) is 0.471. The number of carbonyl (C=O) groups is 3. The second kappa shape index (κ2) is 6.40. The predicted molar refractivity (Wildman–Crippen MR) is 85.7 cm³/mol. The Morgan fingerprint density at radius 1 is 1.22 bits per heavy atom. The molecule has 1 aliphatic carbocycles. The zero-order valence-corrected chi connectivity index (χ0v) is 13.2. The molecule has 1 aromatic rings. The van der Waals surface area contributed by atoms with Gasteiger partial charge >= 0.3 is 6.03 Å². The summed E-state index contributed by atoms with van der Waals surface area (Å²) in [6.07, 6.45) is 5.29. The second-order valence-corrected chi connectivity index (χ2v) is 6.23. The van der Waals surface area contributed by atoms with Crippen LogP contribution in [0.4, 0.5) is 10.5 Å². The van der Waals surface area contributed by atoms with Gasteiger partial charge in [-0.1, -0.05) is 31.4 Å². The molecule has 1 unspecified atom stereocenters. The number of benzene rings is 1. The summed E-state index contributed by atoms with van der Waals surface area (Å²) in [5, 5.41) is 5.57. The van der Waals surface area contributed by atoms with E-state index in [1.165, 1.54) is 13.5 Å². The minimum absolute atomic E-state index is 0.0424. The van der Waals surface area contributed by atoms with Crippen LogP contribution in [-0.4, -0.2) is 29.8 Å². The SMILES string of the molecule is CN1C(=O)NC(c2cccc(NC(=O)C3CCCCC3)c2)C1=O. The standard InChI is InChI=1S/C17H21N3O3/c1-20-16(22)14(19-17(20)23)12-8-5-9-13(10-12)18-15(21)11-6-3-2-4-7-11/h5,8-11,14H,2-4,6-7H2,1H3,(H,18,21)(H,19,23). The first-order valence-electron chi connectivity index (χ1n) is 8.05. The van der Waals surface area contributed by atoms with Gasteiger partial charge in [0.1, 0.15) is 6.04 Å². The lowest BCUT2D eigenvalue weighted by Crippen LogP contribution is -2.25. The highest BCUT2D eigenvalue weighted by atomic mass is 16.2. The average molecular weight is 315 g/mol. The minimum Gasteiger partial charge on any atom is -0.326 e. The number of carbonyl (C=O) groups excluding carboxylic acids is 3. The molecule has 2 N–H and O–H groups in total. The van der Waals surface area contributed by atoms with E-state index >= 15 is 0 Å². The normalized spacial score (nSPS) is 22.1. The highest BCUT2D eigenvalue weighted by molar-refractivity contribution is 6.04. The van der Waals surface area contributed by atoms with Crippen LogP contribution in [0, 0.1) is 5.92 Å². The van der Waals surface area contributed by atoms with Gasteiger partial charge in [-0.15, -0.1) is 0 Å².